The summed E-state index contributed by atoms with van der Waals surface area (Å²) in [5.41, 5.74) is 1.32. The standard InChI is InChI=1S/C21H17Cl2N5O3S/c1-31-17-7-6-13(8-16(17)23)28-20(30)14-10-25-27-19(14)26-21(28)32-11-18(29)24-9-12-4-2-3-5-15(12)22/h2-8,10H,9,11H2,1H3,(H,24,29)(H,25,27). The van der Waals surface area contributed by atoms with Gasteiger partial charge in [0.15, 0.2) is 10.8 Å². The number of thioether (sulfide) groups is 1. The number of halogens is 2. The number of benzene rings is 2. The molecule has 2 heterocycles. The number of rotatable bonds is 7. The van der Waals surface area contributed by atoms with Crippen LogP contribution in [0.4, 0.5) is 0 Å². The number of carbonyl (C=O) groups is 1. The molecule has 0 saturated carbocycles. The highest BCUT2D eigenvalue weighted by Crippen LogP contribution is 2.28. The van der Waals surface area contributed by atoms with Crippen molar-refractivity contribution in [3.05, 3.63) is 74.6 Å². The van der Waals surface area contributed by atoms with Crippen molar-refractivity contribution >= 4 is 51.9 Å². The van der Waals surface area contributed by atoms with E-state index in [0.29, 0.717) is 44.2 Å². The first-order chi connectivity index (χ1) is 15.5. The average molecular weight is 490 g/mol. The minimum Gasteiger partial charge on any atom is -0.495 e. The van der Waals surface area contributed by atoms with Crippen LogP contribution in [-0.4, -0.2) is 38.5 Å². The molecule has 11 heteroatoms. The van der Waals surface area contributed by atoms with Crippen molar-refractivity contribution in [2.45, 2.75) is 11.7 Å². The summed E-state index contributed by atoms with van der Waals surface area (Å²) in [4.78, 5) is 30.0. The van der Waals surface area contributed by atoms with Crippen LogP contribution in [0.2, 0.25) is 10.0 Å². The van der Waals surface area contributed by atoms with Crippen LogP contribution < -0.4 is 15.6 Å². The molecule has 0 fully saturated rings. The summed E-state index contributed by atoms with van der Waals surface area (Å²) in [7, 11) is 1.51. The second-order valence-electron chi connectivity index (χ2n) is 6.64. The number of nitrogens with zero attached hydrogens (tertiary/aromatic N) is 3. The molecule has 8 nitrogen and oxygen atoms in total. The first-order valence-electron chi connectivity index (χ1n) is 9.41. The predicted molar refractivity (Wildman–Crippen MR) is 125 cm³/mol. The van der Waals surface area contributed by atoms with Gasteiger partial charge in [-0.15, -0.1) is 0 Å². The summed E-state index contributed by atoms with van der Waals surface area (Å²) in [5.74, 6) is 0.294. The lowest BCUT2D eigenvalue weighted by atomic mass is 10.2. The zero-order valence-corrected chi connectivity index (χ0v) is 19.1. The van der Waals surface area contributed by atoms with Crippen LogP contribution in [0.25, 0.3) is 16.7 Å². The molecule has 2 N–H and O–H groups in total. The van der Waals surface area contributed by atoms with Crippen molar-refractivity contribution in [2.24, 2.45) is 0 Å². The fraction of sp³-hybridized carbons (Fsp3) is 0.143. The molecule has 0 atom stereocenters. The molecular formula is C21H17Cl2N5O3S. The van der Waals surface area contributed by atoms with Gasteiger partial charge in [-0.2, -0.15) is 5.10 Å². The SMILES string of the molecule is COc1ccc(-n2c(SCC(=O)NCc3ccccc3Cl)nc3[nH]ncc3c2=O)cc1Cl. The fourth-order valence-electron chi connectivity index (χ4n) is 3.01. The zero-order valence-electron chi connectivity index (χ0n) is 16.8. The van der Waals surface area contributed by atoms with Gasteiger partial charge in [0, 0.05) is 11.6 Å². The Morgan fingerprint density at radius 3 is 2.78 bits per heavy atom. The van der Waals surface area contributed by atoms with Crippen molar-refractivity contribution in [2.75, 3.05) is 12.9 Å². The number of H-pyrrole nitrogens is 1. The maximum absolute atomic E-state index is 13.1. The summed E-state index contributed by atoms with van der Waals surface area (Å²) >= 11 is 13.5. The van der Waals surface area contributed by atoms with E-state index in [1.54, 1.807) is 24.3 Å². The van der Waals surface area contributed by atoms with Crippen LogP contribution in [0.3, 0.4) is 0 Å². The Hall–Kier alpha value is -3.01. The smallest absolute Gasteiger partial charge is 0.269 e. The zero-order chi connectivity index (χ0) is 22.7. The summed E-state index contributed by atoms with van der Waals surface area (Å²) in [6.07, 6.45) is 1.41. The Morgan fingerprint density at radius 1 is 1.22 bits per heavy atom. The van der Waals surface area contributed by atoms with Gasteiger partial charge in [0.25, 0.3) is 5.56 Å². The molecule has 4 aromatic rings. The highest BCUT2D eigenvalue weighted by molar-refractivity contribution is 7.99. The number of ether oxygens (including phenoxy) is 1. The number of hydrogen-bond acceptors (Lipinski definition) is 6. The van der Waals surface area contributed by atoms with E-state index in [9.17, 15) is 9.59 Å². The number of nitrogens with one attached hydrogen (secondary N) is 2. The number of methoxy groups -OCH3 is 1. The van der Waals surface area contributed by atoms with Crippen molar-refractivity contribution in [1.29, 1.82) is 0 Å². The van der Waals surface area contributed by atoms with Crippen LogP contribution >= 0.6 is 35.0 Å². The van der Waals surface area contributed by atoms with Gasteiger partial charge in [-0.3, -0.25) is 19.3 Å². The number of carbonyl (C=O) groups excluding carboxylic acids is 1. The molecule has 0 saturated heterocycles. The number of aromatic amines is 1. The van der Waals surface area contributed by atoms with Gasteiger partial charge in [0.05, 0.1) is 29.8 Å². The lowest BCUT2D eigenvalue weighted by Gasteiger charge is -2.13. The maximum atomic E-state index is 13.1. The molecule has 0 aliphatic carbocycles. The number of fused-ring (bicyclic) bond motifs is 1. The Kier molecular flexibility index (Phi) is 6.69. The maximum Gasteiger partial charge on any atom is 0.269 e. The third-order valence-electron chi connectivity index (χ3n) is 4.61. The molecule has 32 heavy (non-hydrogen) atoms. The van der Waals surface area contributed by atoms with Gasteiger partial charge < -0.3 is 10.1 Å². The van der Waals surface area contributed by atoms with Crippen LogP contribution in [-0.2, 0) is 11.3 Å². The molecule has 2 aromatic heterocycles. The minimum absolute atomic E-state index is 0.0421. The largest absolute Gasteiger partial charge is 0.495 e. The quantitative estimate of drug-likeness (QED) is 0.302. The van der Waals surface area contributed by atoms with Crippen LogP contribution in [0.1, 0.15) is 5.56 Å². The third-order valence-corrected chi connectivity index (χ3v) is 6.21. The number of amides is 1. The lowest BCUT2D eigenvalue weighted by molar-refractivity contribution is -0.118. The summed E-state index contributed by atoms with van der Waals surface area (Å²) in [6, 6.07) is 12.2. The monoisotopic (exact) mass is 489 g/mol. The molecule has 0 spiro atoms. The van der Waals surface area contributed by atoms with E-state index < -0.39 is 0 Å². The molecule has 1 amide bonds. The van der Waals surface area contributed by atoms with Crippen molar-refractivity contribution < 1.29 is 9.53 Å². The molecule has 164 valence electrons. The highest BCUT2D eigenvalue weighted by atomic mass is 35.5. The number of hydrogen-bond donors (Lipinski definition) is 2. The van der Waals surface area contributed by atoms with Crippen LogP contribution in [0.5, 0.6) is 5.75 Å². The summed E-state index contributed by atoms with van der Waals surface area (Å²) in [5, 5.41) is 11.0. The van der Waals surface area contributed by atoms with Gasteiger partial charge >= 0.3 is 0 Å². The summed E-state index contributed by atoms with van der Waals surface area (Å²) in [6.45, 7) is 0.299. The van der Waals surface area contributed by atoms with Crippen LogP contribution in [0, 0.1) is 0 Å². The first kappa shape index (κ1) is 22.2. The molecule has 0 aliphatic rings. The van der Waals surface area contributed by atoms with E-state index in [1.165, 1.54) is 17.9 Å². The van der Waals surface area contributed by atoms with Gasteiger partial charge in [-0.05, 0) is 29.8 Å². The van der Waals surface area contributed by atoms with Gasteiger partial charge in [0.1, 0.15) is 11.1 Å². The first-order valence-corrected chi connectivity index (χ1v) is 11.1. The van der Waals surface area contributed by atoms with E-state index in [0.717, 1.165) is 17.3 Å². The van der Waals surface area contributed by atoms with Gasteiger partial charge in [-0.1, -0.05) is 53.2 Å². The van der Waals surface area contributed by atoms with Crippen molar-refractivity contribution in [1.82, 2.24) is 25.1 Å². The molecular weight excluding hydrogens is 473 g/mol. The molecule has 4 rings (SSSR count). The van der Waals surface area contributed by atoms with Crippen LogP contribution in [0.15, 0.2) is 58.6 Å². The molecule has 0 bridgehead atoms. The second kappa shape index (κ2) is 9.64. The van der Waals surface area contributed by atoms with Gasteiger partial charge in [-0.25, -0.2) is 4.98 Å². The minimum atomic E-state index is -0.330. The highest BCUT2D eigenvalue weighted by Gasteiger charge is 2.17. The topological polar surface area (TPSA) is 102 Å². The molecule has 0 radical (unpaired) electrons. The molecule has 0 unspecified atom stereocenters. The third kappa shape index (κ3) is 4.59. The van der Waals surface area contributed by atoms with E-state index in [2.05, 4.69) is 20.5 Å². The van der Waals surface area contributed by atoms with E-state index in [-0.39, 0.29) is 17.2 Å². The van der Waals surface area contributed by atoms with E-state index in [1.807, 2.05) is 18.2 Å². The Bertz CT molecular complexity index is 1360. The Labute approximate surface area is 196 Å². The average Bonchev–Trinajstić information content (AvgIpc) is 3.26. The van der Waals surface area contributed by atoms with Crippen molar-refractivity contribution in [3.63, 3.8) is 0 Å². The van der Waals surface area contributed by atoms with E-state index >= 15 is 0 Å². The molecule has 0 aliphatic heterocycles. The Balaban J connectivity index is 1.60. The van der Waals surface area contributed by atoms with Crippen molar-refractivity contribution in [3.8, 4) is 11.4 Å². The number of aromatic nitrogens is 4. The fourth-order valence-corrected chi connectivity index (χ4v) is 4.30. The normalized spacial score (nSPS) is 11.0. The predicted octanol–water partition coefficient (Wildman–Crippen LogP) is 3.83. The lowest BCUT2D eigenvalue weighted by Crippen LogP contribution is -2.26. The van der Waals surface area contributed by atoms with E-state index in [4.69, 9.17) is 27.9 Å². The molecule has 2 aromatic carbocycles. The summed E-state index contributed by atoms with van der Waals surface area (Å²) < 4.78 is 6.59. The van der Waals surface area contributed by atoms with Gasteiger partial charge in [0.2, 0.25) is 5.91 Å². The second-order valence-corrected chi connectivity index (χ2v) is 8.40. The Morgan fingerprint density at radius 2 is 2.03 bits per heavy atom.